The van der Waals surface area contributed by atoms with Crippen molar-refractivity contribution in [2.24, 2.45) is 0 Å². The molecule has 0 unspecified atom stereocenters. The van der Waals surface area contributed by atoms with Crippen LogP contribution < -0.4 is 14.8 Å². The molecule has 3 aromatic rings. The monoisotopic (exact) mass is 370 g/mol. The molecule has 0 spiro atoms. The number of hydrogen-bond donors (Lipinski definition) is 1. The van der Waals surface area contributed by atoms with E-state index >= 15 is 0 Å². The number of nitrogens with one attached hydrogen (secondary N) is 1. The van der Waals surface area contributed by atoms with Crippen molar-refractivity contribution in [3.05, 3.63) is 48.0 Å². The second kappa shape index (κ2) is 6.78. The van der Waals surface area contributed by atoms with Gasteiger partial charge in [-0.1, -0.05) is 17.4 Å². The smallest absolute Gasteiger partial charge is 0.250 e. The molecule has 0 radical (unpaired) electrons. The molecule has 2 heterocycles. The molecule has 126 valence electrons. The van der Waals surface area contributed by atoms with Crippen LogP contribution in [0.3, 0.4) is 0 Å². The molecule has 5 nitrogen and oxygen atoms in total. The van der Waals surface area contributed by atoms with Crippen molar-refractivity contribution in [1.29, 1.82) is 0 Å². The van der Waals surface area contributed by atoms with Crippen molar-refractivity contribution < 1.29 is 14.3 Å². The van der Waals surface area contributed by atoms with Gasteiger partial charge in [0.1, 0.15) is 0 Å². The third-order valence-corrected chi connectivity index (χ3v) is 5.31. The van der Waals surface area contributed by atoms with E-state index in [0.717, 1.165) is 21.5 Å². The zero-order chi connectivity index (χ0) is 17.2. The van der Waals surface area contributed by atoms with Gasteiger partial charge in [-0.3, -0.25) is 10.1 Å². The molecule has 1 aliphatic rings. The summed E-state index contributed by atoms with van der Waals surface area (Å²) in [6.45, 7) is 0.235. The predicted molar refractivity (Wildman–Crippen MR) is 102 cm³/mol. The SMILES string of the molecule is CSc1ccc2nc(NC(=O)/C=C\c3ccc4c(c3)OCO4)sc2c1. The molecule has 1 aliphatic heterocycles. The van der Waals surface area contributed by atoms with E-state index in [1.54, 1.807) is 17.8 Å². The number of fused-ring (bicyclic) bond motifs is 2. The average molecular weight is 370 g/mol. The lowest BCUT2D eigenvalue weighted by Gasteiger charge is -1.98. The Balaban J connectivity index is 1.46. The van der Waals surface area contributed by atoms with E-state index in [0.29, 0.717) is 10.9 Å². The number of carbonyl (C=O) groups excluding carboxylic acids is 1. The van der Waals surface area contributed by atoms with Crippen molar-refractivity contribution in [2.75, 3.05) is 18.4 Å². The largest absolute Gasteiger partial charge is 0.454 e. The minimum absolute atomic E-state index is 0.221. The highest BCUT2D eigenvalue weighted by Gasteiger charge is 2.12. The molecular weight excluding hydrogens is 356 g/mol. The summed E-state index contributed by atoms with van der Waals surface area (Å²) in [5, 5.41) is 3.40. The Kier molecular flexibility index (Phi) is 4.33. The summed E-state index contributed by atoms with van der Waals surface area (Å²) >= 11 is 3.15. The molecule has 4 rings (SSSR count). The second-order valence-corrected chi connectivity index (χ2v) is 7.20. The van der Waals surface area contributed by atoms with Crippen LogP contribution in [0.1, 0.15) is 5.56 Å². The molecule has 1 N–H and O–H groups in total. The number of hydrogen-bond acceptors (Lipinski definition) is 6. The van der Waals surface area contributed by atoms with Crippen LogP contribution in [0.4, 0.5) is 5.13 Å². The summed E-state index contributed by atoms with van der Waals surface area (Å²) < 4.78 is 11.7. The number of anilines is 1. The fourth-order valence-corrected chi connectivity index (χ4v) is 3.84. The highest BCUT2D eigenvalue weighted by Crippen LogP contribution is 2.33. The fourth-order valence-electron chi connectivity index (χ4n) is 2.42. The Morgan fingerprint density at radius 1 is 1.24 bits per heavy atom. The molecule has 0 saturated heterocycles. The minimum Gasteiger partial charge on any atom is -0.454 e. The van der Waals surface area contributed by atoms with Gasteiger partial charge in [0.05, 0.1) is 10.2 Å². The van der Waals surface area contributed by atoms with Crippen LogP contribution in [0.2, 0.25) is 0 Å². The number of amides is 1. The van der Waals surface area contributed by atoms with Crippen LogP contribution in [0.5, 0.6) is 11.5 Å². The zero-order valence-electron chi connectivity index (χ0n) is 13.3. The maximum absolute atomic E-state index is 12.1. The highest BCUT2D eigenvalue weighted by molar-refractivity contribution is 7.98. The van der Waals surface area contributed by atoms with Gasteiger partial charge in [-0.05, 0) is 48.2 Å². The van der Waals surface area contributed by atoms with Crippen molar-refractivity contribution in [3.8, 4) is 11.5 Å². The second-order valence-electron chi connectivity index (χ2n) is 5.29. The van der Waals surface area contributed by atoms with E-state index in [1.807, 2.05) is 36.6 Å². The maximum Gasteiger partial charge on any atom is 0.250 e. The lowest BCUT2D eigenvalue weighted by atomic mass is 10.2. The van der Waals surface area contributed by atoms with Crippen molar-refractivity contribution in [2.45, 2.75) is 4.90 Å². The molecule has 0 saturated carbocycles. The standard InChI is InChI=1S/C18H14N2O3S2/c1-24-12-4-5-13-16(9-12)25-18(19-13)20-17(21)7-3-11-2-6-14-15(8-11)23-10-22-14/h2-9H,10H2,1H3,(H,19,20,21)/b7-3-. The van der Waals surface area contributed by atoms with Crippen LogP contribution in [0.25, 0.3) is 16.3 Å². The molecule has 2 aromatic carbocycles. The number of thioether (sulfide) groups is 1. The first-order valence-electron chi connectivity index (χ1n) is 7.54. The van der Waals surface area contributed by atoms with Gasteiger partial charge in [0.15, 0.2) is 16.6 Å². The van der Waals surface area contributed by atoms with E-state index < -0.39 is 0 Å². The van der Waals surface area contributed by atoms with Gasteiger partial charge in [-0.15, -0.1) is 11.8 Å². The van der Waals surface area contributed by atoms with Gasteiger partial charge >= 0.3 is 0 Å². The van der Waals surface area contributed by atoms with Crippen LogP contribution in [0, 0.1) is 0 Å². The van der Waals surface area contributed by atoms with E-state index in [4.69, 9.17) is 9.47 Å². The Bertz CT molecular complexity index is 982. The number of benzene rings is 2. The quantitative estimate of drug-likeness (QED) is 0.545. The third kappa shape index (κ3) is 3.47. The number of ether oxygens (including phenoxy) is 2. The average Bonchev–Trinajstić information content (AvgIpc) is 3.24. The van der Waals surface area contributed by atoms with Crippen LogP contribution in [0.15, 0.2) is 47.4 Å². The lowest BCUT2D eigenvalue weighted by Crippen LogP contribution is -2.07. The molecule has 1 aromatic heterocycles. The van der Waals surface area contributed by atoms with Gasteiger partial charge in [-0.2, -0.15) is 0 Å². The number of aromatic nitrogens is 1. The molecule has 0 aliphatic carbocycles. The van der Waals surface area contributed by atoms with Crippen LogP contribution >= 0.6 is 23.1 Å². The first kappa shape index (κ1) is 16.0. The maximum atomic E-state index is 12.1. The normalized spacial score (nSPS) is 12.8. The lowest BCUT2D eigenvalue weighted by molar-refractivity contribution is -0.111. The summed E-state index contributed by atoms with van der Waals surface area (Å²) in [5.41, 5.74) is 1.76. The molecule has 7 heteroatoms. The summed E-state index contributed by atoms with van der Waals surface area (Å²) in [6, 6.07) is 11.6. The van der Waals surface area contributed by atoms with Gasteiger partial charge < -0.3 is 9.47 Å². The summed E-state index contributed by atoms with van der Waals surface area (Å²) in [5.74, 6) is 1.20. The number of rotatable bonds is 4. The molecular formula is C18H14N2O3S2. The first-order valence-corrected chi connectivity index (χ1v) is 9.59. The number of carbonyl (C=O) groups is 1. The van der Waals surface area contributed by atoms with Crippen molar-refractivity contribution in [3.63, 3.8) is 0 Å². The van der Waals surface area contributed by atoms with E-state index in [-0.39, 0.29) is 12.7 Å². The molecule has 0 fully saturated rings. The number of thiazole rings is 1. The Morgan fingerprint density at radius 2 is 2.12 bits per heavy atom. The Morgan fingerprint density at radius 3 is 3.00 bits per heavy atom. The Labute approximate surface area is 152 Å². The van der Waals surface area contributed by atoms with Crippen LogP contribution in [-0.2, 0) is 4.79 Å². The van der Waals surface area contributed by atoms with E-state index in [2.05, 4.69) is 16.4 Å². The number of nitrogens with zero attached hydrogens (tertiary/aromatic N) is 1. The molecule has 0 bridgehead atoms. The first-order chi connectivity index (χ1) is 12.2. The molecule has 0 atom stereocenters. The predicted octanol–water partition coefficient (Wildman–Crippen LogP) is 4.40. The van der Waals surface area contributed by atoms with Gasteiger partial charge in [0, 0.05) is 11.0 Å². The Hall–Kier alpha value is -2.51. The minimum atomic E-state index is -0.221. The highest BCUT2D eigenvalue weighted by atomic mass is 32.2. The molecule has 25 heavy (non-hydrogen) atoms. The van der Waals surface area contributed by atoms with E-state index in [1.165, 1.54) is 22.3 Å². The summed E-state index contributed by atoms with van der Waals surface area (Å²) in [6.07, 6.45) is 5.25. The molecule has 1 amide bonds. The summed E-state index contributed by atoms with van der Waals surface area (Å²) in [7, 11) is 0. The van der Waals surface area contributed by atoms with Gasteiger partial charge in [-0.25, -0.2) is 4.98 Å². The van der Waals surface area contributed by atoms with E-state index in [9.17, 15) is 4.79 Å². The van der Waals surface area contributed by atoms with Crippen molar-refractivity contribution in [1.82, 2.24) is 4.98 Å². The third-order valence-electron chi connectivity index (χ3n) is 3.65. The zero-order valence-corrected chi connectivity index (χ0v) is 14.9. The van der Waals surface area contributed by atoms with Crippen LogP contribution in [-0.4, -0.2) is 23.9 Å². The topological polar surface area (TPSA) is 60.5 Å². The van der Waals surface area contributed by atoms with Gasteiger partial charge in [0.2, 0.25) is 12.7 Å². The summed E-state index contributed by atoms with van der Waals surface area (Å²) in [4.78, 5) is 17.7. The fraction of sp³-hybridized carbons (Fsp3) is 0.111. The van der Waals surface area contributed by atoms with Crippen molar-refractivity contribution >= 4 is 50.4 Å². The van der Waals surface area contributed by atoms with Gasteiger partial charge in [0.25, 0.3) is 0 Å².